The zero-order valence-corrected chi connectivity index (χ0v) is 16.1. The summed E-state index contributed by atoms with van der Waals surface area (Å²) >= 11 is 0. The molecule has 0 radical (unpaired) electrons. The van der Waals surface area contributed by atoms with Gasteiger partial charge in [-0.25, -0.2) is 27.5 Å². The van der Waals surface area contributed by atoms with Gasteiger partial charge in [0.05, 0.1) is 32.0 Å². The first-order chi connectivity index (χ1) is 14.7. The maximum absolute atomic E-state index is 15.6. The van der Waals surface area contributed by atoms with Crippen molar-refractivity contribution >= 4 is 11.9 Å². The molecule has 162 valence electrons. The molecule has 4 heterocycles. The van der Waals surface area contributed by atoms with Crippen LogP contribution in [-0.4, -0.2) is 63.6 Å². The van der Waals surface area contributed by atoms with Crippen LogP contribution in [0.3, 0.4) is 0 Å². The second kappa shape index (κ2) is 7.64. The van der Waals surface area contributed by atoms with Crippen LogP contribution in [0, 0.1) is 17.1 Å². The fraction of sp³-hybridized carbons (Fsp3) is 0.421. The van der Waals surface area contributed by atoms with E-state index in [4.69, 9.17) is 10.00 Å². The minimum atomic E-state index is -4.05. The van der Waals surface area contributed by atoms with Crippen LogP contribution in [0.2, 0.25) is 0 Å². The van der Waals surface area contributed by atoms with Crippen molar-refractivity contribution in [1.29, 1.82) is 5.26 Å². The molecule has 0 bridgehead atoms. The smallest absolute Gasteiger partial charge is 0.307 e. The fourth-order valence-corrected chi connectivity index (χ4v) is 3.64. The van der Waals surface area contributed by atoms with Crippen LogP contribution >= 0.6 is 0 Å². The lowest BCUT2D eigenvalue weighted by atomic mass is 9.87. The molecular formula is C19H16F4N6O2. The minimum absolute atomic E-state index is 0.0887. The van der Waals surface area contributed by atoms with Crippen molar-refractivity contribution in [2.24, 2.45) is 0 Å². The number of hydrogen-bond acceptors (Lipinski definition) is 7. The van der Waals surface area contributed by atoms with Gasteiger partial charge in [0.2, 0.25) is 5.95 Å². The van der Waals surface area contributed by atoms with Gasteiger partial charge in [0.25, 0.3) is 11.6 Å². The summed E-state index contributed by atoms with van der Waals surface area (Å²) in [6.07, 6.45) is 3.47. The molecule has 8 nitrogen and oxygen atoms in total. The van der Waals surface area contributed by atoms with Gasteiger partial charge in [-0.05, 0) is 0 Å². The Bertz CT molecular complexity index is 1040. The zero-order valence-electron chi connectivity index (χ0n) is 16.1. The predicted molar refractivity (Wildman–Crippen MR) is 97.5 cm³/mol. The van der Waals surface area contributed by atoms with E-state index in [0.717, 1.165) is 22.2 Å². The number of ether oxygens (including phenoxy) is 1. The largest absolute Gasteiger partial charge is 0.490 e. The first-order valence-electron chi connectivity index (χ1n) is 9.33. The van der Waals surface area contributed by atoms with Gasteiger partial charge in [0.15, 0.2) is 5.82 Å². The number of rotatable bonds is 2. The normalized spacial score (nSPS) is 22.7. The molecule has 2 aliphatic rings. The molecule has 31 heavy (non-hydrogen) atoms. The summed E-state index contributed by atoms with van der Waals surface area (Å²) < 4.78 is 63.9. The van der Waals surface area contributed by atoms with Gasteiger partial charge in [0.1, 0.15) is 24.0 Å². The maximum Gasteiger partial charge on any atom is 0.307 e. The van der Waals surface area contributed by atoms with Crippen LogP contribution in [-0.2, 0) is 11.3 Å². The van der Waals surface area contributed by atoms with Crippen molar-refractivity contribution in [2.75, 3.05) is 31.1 Å². The van der Waals surface area contributed by atoms with E-state index in [1.165, 1.54) is 12.4 Å². The number of fused-ring (bicyclic) bond motifs is 1. The van der Waals surface area contributed by atoms with Crippen molar-refractivity contribution in [1.82, 2.24) is 19.9 Å². The van der Waals surface area contributed by atoms with Gasteiger partial charge in [0, 0.05) is 30.9 Å². The zero-order chi connectivity index (χ0) is 22.2. The highest BCUT2D eigenvalue weighted by Gasteiger charge is 2.64. The summed E-state index contributed by atoms with van der Waals surface area (Å²) in [7, 11) is 0. The Balaban J connectivity index is 1.56. The molecule has 2 aromatic rings. The third-order valence-electron chi connectivity index (χ3n) is 5.27. The van der Waals surface area contributed by atoms with Crippen LogP contribution in [0.5, 0.6) is 5.75 Å². The molecule has 0 unspecified atom stereocenters. The quantitative estimate of drug-likeness (QED) is 0.663. The van der Waals surface area contributed by atoms with E-state index in [2.05, 4.69) is 15.0 Å². The molecule has 0 saturated carbocycles. The number of carbonyl (C=O) groups excluding carboxylic acids is 1. The average molecular weight is 436 g/mol. The molecular weight excluding hydrogens is 420 g/mol. The first kappa shape index (κ1) is 20.8. The first-order valence-corrected chi connectivity index (χ1v) is 9.33. The maximum atomic E-state index is 15.6. The highest BCUT2D eigenvalue weighted by molar-refractivity contribution is 5.87. The van der Waals surface area contributed by atoms with E-state index in [1.54, 1.807) is 0 Å². The number of halogens is 4. The Labute approximate surface area is 174 Å². The molecule has 1 fully saturated rings. The van der Waals surface area contributed by atoms with Crippen molar-refractivity contribution in [2.45, 2.75) is 24.6 Å². The van der Waals surface area contributed by atoms with Crippen molar-refractivity contribution in [3.05, 3.63) is 41.7 Å². The number of amides is 1. The van der Waals surface area contributed by atoms with Crippen LogP contribution in [0.25, 0.3) is 0 Å². The van der Waals surface area contributed by atoms with Gasteiger partial charge in [-0.2, -0.15) is 5.26 Å². The molecule has 0 N–H and O–H groups in total. The number of anilines is 1. The summed E-state index contributed by atoms with van der Waals surface area (Å²) in [5.41, 5.74) is -2.98. The number of alkyl halides is 3. The number of hydrogen-bond donors (Lipinski definition) is 0. The lowest BCUT2D eigenvalue weighted by Gasteiger charge is -2.43. The average Bonchev–Trinajstić information content (AvgIpc) is 2.98. The lowest BCUT2D eigenvalue weighted by molar-refractivity contribution is -0.182. The number of nitriles is 1. The van der Waals surface area contributed by atoms with Gasteiger partial charge in [-0.1, -0.05) is 0 Å². The molecule has 0 spiro atoms. The van der Waals surface area contributed by atoms with E-state index >= 15 is 4.39 Å². The lowest BCUT2D eigenvalue weighted by Crippen LogP contribution is -2.65. The topological polar surface area (TPSA) is 95.2 Å². The number of carbonyl (C=O) groups is 1. The molecule has 1 amide bonds. The fourth-order valence-electron chi connectivity index (χ4n) is 3.64. The SMILES string of the molecule is N#Cc1cncc2c1OCCN(C(=O)[C@]1(F)CCN(c3ncc(F)cn3)CC1(F)F)C2. The Kier molecular flexibility index (Phi) is 5.12. The Morgan fingerprint density at radius 1 is 1.16 bits per heavy atom. The van der Waals surface area contributed by atoms with Crippen molar-refractivity contribution in [3.8, 4) is 11.8 Å². The Hall–Kier alpha value is -3.49. The molecule has 2 aromatic heterocycles. The van der Waals surface area contributed by atoms with E-state index in [1.807, 2.05) is 6.07 Å². The minimum Gasteiger partial charge on any atom is -0.490 e. The molecule has 1 atom stereocenters. The number of pyridine rings is 1. The van der Waals surface area contributed by atoms with E-state index < -0.39 is 36.3 Å². The summed E-state index contributed by atoms with van der Waals surface area (Å²) in [5.74, 6) is -6.13. The molecule has 2 aliphatic heterocycles. The Morgan fingerprint density at radius 3 is 2.58 bits per heavy atom. The second-order valence-corrected chi connectivity index (χ2v) is 7.24. The van der Waals surface area contributed by atoms with E-state index in [-0.39, 0.29) is 43.5 Å². The third kappa shape index (κ3) is 3.60. The number of piperidine rings is 1. The highest BCUT2D eigenvalue weighted by atomic mass is 19.3. The van der Waals surface area contributed by atoms with Gasteiger partial charge in [-0.3, -0.25) is 9.78 Å². The molecule has 12 heteroatoms. The molecule has 4 rings (SSSR count). The van der Waals surface area contributed by atoms with Crippen LogP contribution in [0.15, 0.2) is 24.8 Å². The molecule has 0 aliphatic carbocycles. The van der Waals surface area contributed by atoms with Crippen LogP contribution in [0.4, 0.5) is 23.5 Å². The van der Waals surface area contributed by atoms with Crippen LogP contribution < -0.4 is 9.64 Å². The monoisotopic (exact) mass is 436 g/mol. The van der Waals surface area contributed by atoms with Gasteiger partial charge < -0.3 is 14.5 Å². The van der Waals surface area contributed by atoms with Crippen molar-refractivity contribution < 1.29 is 27.1 Å². The van der Waals surface area contributed by atoms with Gasteiger partial charge >= 0.3 is 5.92 Å². The summed E-state index contributed by atoms with van der Waals surface area (Å²) in [6, 6.07) is 1.91. The third-order valence-corrected chi connectivity index (χ3v) is 5.27. The van der Waals surface area contributed by atoms with Gasteiger partial charge in [-0.15, -0.1) is 0 Å². The predicted octanol–water partition coefficient (Wildman–Crippen LogP) is 1.86. The number of aromatic nitrogens is 3. The number of nitrogens with zero attached hydrogens (tertiary/aromatic N) is 6. The van der Waals surface area contributed by atoms with Crippen molar-refractivity contribution in [3.63, 3.8) is 0 Å². The summed E-state index contributed by atoms with van der Waals surface area (Å²) in [5, 5.41) is 9.16. The Morgan fingerprint density at radius 2 is 1.90 bits per heavy atom. The summed E-state index contributed by atoms with van der Waals surface area (Å²) in [4.78, 5) is 26.1. The second-order valence-electron chi connectivity index (χ2n) is 7.24. The molecule has 0 aromatic carbocycles. The van der Waals surface area contributed by atoms with Crippen LogP contribution in [0.1, 0.15) is 17.5 Å². The highest BCUT2D eigenvalue weighted by Crippen LogP contribution is 2.42. The van der Waals surface area contributed by atoms with E-state index in [9.17, 15) is 18.0 Å². The van der Waals surface area contributed by atoms with E-state index in [0.29, 0.717) is 5.56 Å². The standard InChI is InChI=1S/C19H16F4N6O2/c20-14-8-26-17(27-9-14)29-2-1-18(21,19(22,23)11-29)16(30)28-3-4-31-15-12(5-24)6-25-7-13(15)10-28/h6-9H,1-4,10-11H2/t18-/m1/s1. The molecule has 1 saturated heterocycles. The summed E-state index contributed by atoms with van der Waals surface area (Å²) in [6.45, 7) is -1.84.